The van der Waals surface area contributed by atoms with Crippen LogP contribution in [0, 0.1) is 5.82 Å². The summed E-state index contributed by atoms with van der Waals surface area (Å²) in [6.07, 6.45) is 1.05. The van der Waals surface area contributed by atoms with Crippen molar-refractivity contribution in [3.05, 3.63) is 52.6 Å². The highest BCUT2D eigenvalue weighted by Gasteiger charge is 2.23. The lowest BCUT2D eigenvalue weighted by molar-refractivity contribution is 0.0696. The zero-order valence-corrected chi connectivity index (χ0v) is 12.6. The summed E-state index contributed by atoms with van der Waals surface area (Å²) in [5.74, 6) is -1.49. The molecular weight excluding hydrogens is 285 g/mol. The average molecular weight is 303 g/mol. The second-order valence-corrected chi connectivity index (χ2v) is 4.91. The first-order chi connectivity index (χ1) is 10.5. The van der Waals surface area contributed by atoms with Crippen LogP contribution >= 0.6 is 0 Å². The molecule has 0 radical (unpaired) electrons. The van der Waals surface area contributed by atoms with Gasteiger partial charge in [0.25, 0.3) is 0 Å². The zero-order chi connectivity index (χ0) is 16.3. The van der Waals surface area contributed by atoms with Crippen LogP contribution in [0.2, 0.25) is 0 Å². The maximum Gasteiger partial charge on any atom is 0.338 e. The molecule has 0 unspecified atom stereocenters. The minimum absolute atomic E-state index is 0.0790. The summed E-state index contributed by atoms with van der Waals surface area (Å²) in [5, 5.41) is 19.3. The van der Waals surface area contributed by atoms with Crippen molar-refractivity contribution >= 4 is 5.97 Å². The van der Waals surface area contributed by atoms with Gasteiger partial charge in [-0.05, 0) is 30.5 Å². The molecule has 0 aliphatic heterocycles. The monoisotopic (exact) mass is 303 g/mol. The Morgan fingerprint density at radius 3 is 2.18 bits per heavy atom. The Kier molecular flexibility index (Phi) is 4.88. The molecule has 116 valence electrons. The highest BCUT2D eigenvalue weighted by Crippen LogP contribution is 2.32. The maximum atomic E-state index is 13.2. The van der Waals surface area contributed by atoms with E-state index in [9.17, 15) is 19.4 Å². The summed E-state index contributed by atoms with van der Waals surface area (Å²) < 4.78 is 13.2. The molecule has 22 heavy (non-hydrogen) atoms. The summed E-state index contributed by atoms with van der Waals surface area (Å²) in [4.78, 5) is 16.1. The van der Waals surface area contributed by atoms with Crippen molar-refractivity contribution in [2.45, 2.75) is 33.3 Å². The van der Waals surface area contributed by atoms with Crippen molar-refractivity contribution in [2.75, 3.05) is 0 Å². The van der Waals surface area contributed by atoms with Crippen LogP contribution in [0.5, 0.6) is 0 Å². The fraction of sp³-hybridized carbons (Fsp3) is 0.294. The first kappa shape index (κ1) is 16.1. The van der Waals surface area contributed by atoms with Gasteiger partial charge in [0, 0.05) is 16.8 Å². The van der Waals surface area contributed by atoms with E-state index in [0.29, 0.717) is 40.9 Å². The van der Waals surface area contributed by atoms with E-state index in [-0.39, 0.29) is 12.2 Å². The van der Waals surface area contributed by atoms with Crippen LogP contribution in [-0.4, -0.2) is 21.2 Å². The molecule has 2 N–H and O–H groups in total. The number of carboxylic acids is 1. The number of carbonyl (C=O) groups is 1. The quantitative estimate of drug-likeness (QED) is 0.890. The van der Waals surface area contributed by atoms with Gasteiger partial charge >= 0.3 is 5.97 Å². The van der Waals surface area contributed by atoms with E-state index in [0.717, 1.165) is 0 Å². The number of aryl methyl sites for hydroxylation is 2. The van der Waals surface area contributed by atoms with Crippen LogP contribution in [0.15, 0.2) is 24.3 Å². The van der Waals surface area contributed by atoms with Crippen LogP contribution in [-0.2, 0) is 19.4 Å². The molecule has 0 atom stereocenters. The van der Waals surface area contributed by atoms with Crippen LogP contribution < -0.4 is 0 Å². The van der Waals surface area contributed by atoms with Crippen molar-refractivity contribution in [3.63, 3.8) is 0 Å². The number of aromatic nitrogens is 1. The lowest BCUT2D eigenvalue weighted by Crippen LogP contribution is -2.13. The molecule has 5 heteroatoms. The molecule has 1 aromatic heterocycles. The molecule has 1 heterocycles. The molecule has 0 spiro atoms. The van der Waals surface area contributed by atoms with E-state index in [1.165, 1.54) is 24.3 Å². The van der Waals surface area contributed by atoms with E-state index < -0.39 is 11.8 Å². The molecular formula is C17H18FNO3. The smallest absolute Gasteiger partial charge is 0.338 e. The van der Waals surface area contributed by atoms with Gasteiger partial charge in [0.05, 0.1) is 17.9 Å². The van der Waals surface area contributed by atoms with Crippen LogP contribution in [0.1, 0.15) is 41.2 Å². The lowest BCUT2D eigenvalue weighted by atomic mass is 9.91. The molecule has 2 aromatic rings. The number of aliphatic hydroxyl groups is 1. The number of aliphatic hydroxyl groups excluding tert-OH is 1. The summed E-state index contributed by atoms with van der Waals surface area (Å²) in [6, 6.07) is 5.60. The van der Waals surface area contributed by atoms with Crippen LogP contribution in [0.25, 0.3) is 11.1 Å². The molecule has 4 nitrogen and oxygen atoms in total. The van der Waals surface area contributed by atoms with E-state index in [2.05, 4.69) is 4.98 Å². The van der Waals surface area contributed by atoms with Gasteiger partial charge in [-0.15, -0.1) is 0 Å². The zero-order valence-electron chi connectivity index (χ0n) is 12.6. The normalized spacial score (nSPS) is 10.7. The highest BCUT2D eigenvalue weighted by atomic mass is 19.1. The third kappa shape index (κ3) is 2.85. The van der Waals surface area contributed by atoms with Gasteiger partial charge in [-0.25, -0.2) is 9.18 Å². The van der Waals surface area contributed by atoms with Crippen molar-refractivity contribution in [2.24, 2.45) is 0 Å². The van der Waals surface area contributed by atoms with E-state index in [4.69, 9.17) is 0 Å². The number of halogens is 1. The van der Waals surface area contributed by atoms with Crippen molar-refractivity contribution < 1.29 is 19.4 Å². The van der Waals surface area contributed by atoms with Gasteiger partial charge in [0.1, 0.15) is 5.82 Å². The fourth-order valence-electron chi connectivity index (χ4n) is 2.61. The number of pyridine rings is 1. The van der Waals surface area contributed by atoms with Gasteiger partial charge in [0.15, 0.2) is 0 Å². The summed E-state index contributed by atoms with van der Waals surface area (Å²) in [6.45, 7) is 3.42. The third-order valence-electron chi connectivity index (χ3n) is 3.63. The van der Waals surface area contributed by atoms with Gasteiger partial charge in [-0.1, -0.05) is 26.0 Å². The molecule has 0 fully saturated rings. The Hall–Kier alpha value is -2.27. The number of benzene rings is 1. The number of hydrogen-bond acceptors (Lipinski definition) is 3. The van der Waals surface area contributed by atoms with Crippen molar-refractivity contribution in [1.82, 2.24) is 4.98 Å². The third-order valence-corrected chi connectivity index (χ3v) is 3.63. The Morgan fingerprint density at radius 2 is 1.73 bits per heavy atom. The number of carboxylic acid groups (broad SMARTS) is 1. The highest BCUT2D eigenvalue weighted by molar-refractivity contribution is 5.98. The predicted molar refractivity (Wildman–Crippen MR) is 81.3 cm³/mol. The van der Waals surface area contributed by atoms with Gasteiger partial charge in [-0.3, -0.25) is 4.98 Å². The number of aromatic carboxylic acids is 1. The number of nitrogens with zero attached hydrogens (tertiary/aromatic N) is 1. The SMILES string of the molecule is CCc1nc(CC)c(C(=O)O)c(-c2ccc(F)cc2)c1CO. The number of hydrogen-bond donors (Lipinski definition) is 2. The van der Waals surface area contributed by atoms with Crippen LogP contribution in [0.3, 0.4) is 0 Å². The lowest BCUT2D eigenvalue weighted by Gasteiger charge is -2.18. The molecule has 2 rings (SSSR count). The summed E-state index contributed by atoms with van der Waals surface area (Å²) >= 11 is 0. The van der Waals surface area contributed by atoms with E-state index >= 15 is 0 Å². The fourth-order valence-corrected chi connectivity index (χ4v) is 2.61. The molecule has 1 aromatic carbocycles. The van der Waals surface area contributed by atoms with Crippen molar-refractivity contribution in [1.29, 1.82) is 0 Å². The minimum atomic E-state index is -1.10. The molecule has 0 amide bonds. The molecule has 0 bridgehead atoms. The molecule has 0 saturated heterocycles. The average Bonchev–Trinajstić information content (AvgIpc) is 2.53. The molecule has 0 aliphatic rings. The van der Waals surface area contributed by atoms with E-state index in [1.54, 1.807) is 0 Å². The summed E-state index contributed by atoms with van der Waals surface area (Å²) in [7, 11) is 0. The molecule has 0 saturated carbocycles. The van der Waals surface area contributed by atoms with Crippen molar-refractivity contribution in [3.8, 4) is 11.1 Å². The van der Waals surface area contributed by atoms with Crippen LogP contribution in [0.4, 0.5) is 4.39 Å². The second kappa shape index (κ2) is 6.66. The summed E-state index contributed by atoms with van der Waals surface area (Å²) in [5.41, 5.74) is 2.71. The Bertz CT molecular complexity index is 696. The number of rotatable bonds is 5. The Morgan fingerprint density at radius 1 is 1.14 bits per heavy atom. The Labute approximate surface area is 128 Å². The largest absolute Gasteiger partial charge is 0.478 e. The van der Waals surface area contributed by atoms with E-state index in [1.807, 2.05) is 13.8 Å². The molecule has 0 aliphatic carbocycles. The first-order valence-corrected chi connectivity index (χ1v) is 7.18. The predicted octanol–water partition coefficient (Wildman–Crippen LogP) is 3.20. The second-order valence-electron chi connectivity index (χ2n) is 4.91. The first-order valence-electron chi connectivity index (χ1n) is 7.18. The van der Waals surface area contributed by atoms with Gasteiger partial charge in [0.2, 0.25) is 0 Å². The van der Waals surface area contributed by atoms with Gasteiger partial charge in [-0.2, -0.15) is 0 Å². The Balaban J connectivity index is 2.87. The topological polar surface area (TPSA) is 70.4 Å². The maximum absolute atomic E-state index is 13.2. The van der Waals surface area contributed by atoms with Gasteiger partial charge < -0.3 is 10.2 Å². The minimum Gasteiger partial charge on any atom is -0.478 e. The standard InChI is InChI=1S/C17H18FNO3/c1-3-13-12(9-20)15(10-5-7-11(18)8-6-10)16(17(21)22)14(4-2)19-13/h5-8,20H,3-4,9H2,1-2H3,(H,21,22).